The van der Waals surface area contributed by atoms with Crippen LogP contribution >= 0.6 is 0 Å². The van der Waals surface area contributed by atoms with Crippen molar-refractivity contribution in [2.45, 2.75) is 39.0 Å². The van der Waals surface area contributed by atoms with Crippen LogP contribution < -0.4 is 14.4 Å². The molecule has 1 aliphatic rings. The number of aromatic hydroxyl groups is 1. The molecule has 3 aromatic carbocycles. The first-order valence-corrected chi connectivity index (χ1v) is 14.5. The molecular formula is C35H46N2O3. The number of rotatable bonds is 14. The van der Waals surface area contributed by atoms with Gasteiger partial charge in [0.25, 0.3) is 0 Å². The quantitative estimate of drug-likeness (QED) is 0.217. The third kappa shape index (κ3) is 11.2. The van der Waals surface area contributed by atoms with Crippen LogP contribution in [0.4, 0.5) is 5.69 Å². The van der Waals surface area contributed by atoms with Crippen LogP contribution in [0.3, 0.4) is 0 Å². The normalized spacial score (nSPS) is 13.2. The van der Waals surface area contributed by atoms with E-state index >= 15 is 0 Å². The molecule has 1 fully saturated rings. The topological polar surface area (TPSA) is 45.2 Å². The van der Waals surface area contributed by atoms with Gasteiger partial charge in [0.05, 0.1) is 0 Å². The molecule has 0 atom stereocenters. The lowest BCUT2D eigenvalue weighted by atomic mass is 10.1. The van der Waals surface area contributed by atoms with Gasteiger partial charge in [-0.3, -0.25) is 4.90 Å². The second-order valence-electron chi connectivity index (χ2n) is 10.0. The molecule has 0 aliphatic carbocycles. The maximum absolute atomic E-state index is 9.41. The molecule has 214 valence electrons. The molecule has 5 heteroatoms. The van der Waals surface area contributed by atoms with Gasteiger partial charge < -0.3 is 19.5 Å². The standard InChI is InChI=1S/C22H28N2O2.C13H18O/c1-2-17-26-22-7-3-5-19(18-22)6-4-12-23-13-15-24(16-14-23)20-8-10-21(25)11-9-20;1-3-5-7-12-8-6-9-13(11-12)14-10-4-2/h2-3,5,7-11,18,25H,1,4,6,12-17H2;4,6,8-9,11H,2-3,5,7,10H2,1H3. The van der Waals surface area contributed by atoms with Crippen molar-refractivity contribution in [3.05, 3.63) is 109 Å². The molecule has 1 N–H and O–H groups in total. The van der Waals surface area contributed by atoms with E-state index in [1.54, 1.807) is 24.3 Å². The fourth-order valence-corrected chi connectivity index (χ4v) is 4.67. The molecule has 0 bridgehead atoms. The summed E-state index contributed by atoms with van der Waals surface area (Å²) in [6, 6.07) is 24.1. The average molecular weight is 543 g/mol. The predicted octanol–water partition coefficient (Wildman–Crippen LogP) is 7.31. The average Bonchev–Trinajstić information content (AvgIpc) is 2.99. The highest BCUT2D eigenvalue weighted by Crippen LogP contribution is 2.20. The Morgan fingerprint density at radius 3 is 1.82 bits per heavy atom. The molecule has 0 aromatic heterocycles. The maximum atomic E-state index is 9.41. The molecule has 0 radical (unpaired) electrons. The van der Waals surface area contributed by atoms with Crippen molar-refractivity contribution in [1.29, 1.82) is 0 Å². The Morgan fingerprint density at radius 2 is 1.30 bits per heavy atom. The van der Waals surface area contributed by atoms with Crippen LogP contribution in [0.25, 0.3) is 0 Å². The van der Waals surface area contributed by atoms with Crippen molar-refractivity contribution in [1.82, 2.24) is 4.90 Å². The van der Waals surface area contributed by atoms with E-state index in [1.165, 1.54) is 29.7 Å². The number of hydrogen-bond acceptors (Lipinski definition) is 5. The molecule has 0 unspecified atom stereocenters. The van der Waals surface area contributed by atoms with E-state index in [4.69, 9.17) is 9.47 Å². The minimum absolute atomic E-state index is 0.325. The van der Waals surface area contributed by atoms with Gasteiger partial charge in [0.15, 0.2) is 0 Å². The molecule has 4 rings (SSSR count). The second kappa shape index (κ2) is 17.8. The number of hydrogen-bond donors (Lipinski definition) is 1. The van der Waals surface area contributed by atoms with Crippen molar-refractivity contribution in [2.75, 3.05) is 50.8 Å². The monoisotopic (exact) mass is 542 g/mol. The van der Waals surface area contributed by atoms with Crippen LogP contribution in [0, 0.1) is 0 Å². The van der Waals surface area contributed by atoms with Gasteiger partial charge in [-0.25, -0.2) is 0 Å². The zero-order valence-corrected chi connectivity index (χ0v) is 24.1. The number of benzene rings is 3. The van der Waals surface area contributed by atoms with Crippen molar-refractivity contribution in [3.8, 4) is 17.2 Å². The summed E-state index contributed by atoms with van der Waals surface area (Å²) in [5.74, 6) is 2.19. The lowest BCUT2D eigenvalue weighted by Gasteiger charge is -2.36. The largest absolute Gasteiger partial charge is 0.508 e. The molecule has 0 saturated carbocycles. The Labute approximate surface area is 241 Å². The molecule has 0 amide bonds. The number of aryl methyl sites for hydroxylation is 2. The van der Waals surface area contributed by atoms with E-state index in [9.17, 15) is 5.11 Å². The Bertz CT molecular complexity index is 1140. The third-order valence-corrected chi connectivity index (χ3v) is 6.88. The zero-order valence-electron chi connectivity index (χ0n) is 24.1. The fraction of sp³-hybridized carbons (Fsp3) is 0.371. The third-order valence-electron chi connectivity index (χ3n) is 6.88. The van der Waals surface area contributed by atoms with Crippen LogP contribution in [0.2, 0.25) is 0 Å². The number of nitrogens with zero attached hydrogens (tertiary/aromatic N) is 2. The SMILES string of the molecule is C=CCOc1cccc(CCCC)c1.C=CCOc1cccc(CCCN2CCN(c3ccc(O)cc3)CC2)c1. The van der Waals surface area contributed by atoms with Gasteiger partial charge in [-0.05, 0) is 91.9 Å². The molecule has 40 heavy (non-hydrogen) atoms. The second-order valence-corrected chi connectivity index (χ2v) is 10.0. The van der Waals surface area contributed by atoms with Crippen molar-refractivity contribution in [3.63, 3.8) is 0 Å². The van der Waals surface area contributed by atoms with Crippen LogP contribution in [-0.4, -0.2) is 55.9 Å². The first-order valence-electron chi connectivity index (χ1n) is 14.5. The van der Waals surface area contributed by atoms with Crippen LogP contribution in [0.5, 0.6) is 17.2 Å². The van der Waals surface area contributed by atoms with Gasteiger partial charge in [-0.2, -0.15) is 0 Å². The van der Waals surface area contributed by atoms with E-state index in [1.807, 2.05) is 30.3 Å². The molecule has 3 aromatic rings. The van der Waals surface area contributed by atoms with Gasteiger partial charge in [-0.15, -0.1) is 0 Å². The van der Waals surface area contributed by atoms with Crippen LogP contribution in [-0.2, 0) is 12.8 Å². The molecule has 1 aliphatic heterocycles. The lowest BCUT2D eigenvalue weighted by molar-refractivity contribution is 0.255. The maximum Gasteiger partial charge on any atom is 0.120 e. The molecule has 1 heterocycles. The summed E-state index contributed by atoms with van der Waals surface area (Å²) in [5.41, 5.74) is 3.88. The van der Waals surface area contributed by atoms with Gasteiger partial charge in [0.2, 0.25) is 0 Å². The Morgan fingerprint density at radius 1 is 0.750 bits per heavy atom. The summed E-state index contributed by atoms with van der Waals surface area (Å²) in [4.78, 5) is 4.92. The number of anilines is 1. The number of piperazine rings is 1. The lowest BCUT2D eigenvalue weighted by Crippen LogP contribution is -2.46. The van der Waals surface area contributed by atoms with E-state index in [0.717, 1.165) is 63.5 Å². The van der Waals surface area contributed by atoms with E-state index < -0.39 is 0 Å². The highest BCUT2D eigenvalue weighted by molar-refractivity contribution is 5.49. The highest BCUT2D eigenvalue weighted by Gasteiger charge is 2.16. The van der Waals surface area contributed by atoms with E-state index in [0.29, 0.717) is 19.0 Å². The summed E-state index contributed by atoms with van der Waals surface area (Å²) in [7, 11) is 0. The van der Waals surface area contributed by atoms with Crippen LogP contribution in [0.15, 0.2) is 98.1 Å². The van der Waals surface area contributed by atoms with Gasteiger partial charge in [0, 0.05) is 31.9 Å². The Hall–Kier alpha value is -3.70. The fourth-order valence-electron chi connectivity index (χ4n) is 4.67. The minimum atomic E-state index is 0.325. The number of phenols is 1. The van der Waals surface area contributed by atoms with Crippen molar-refractivity contribution >= 4 is 5.69 Å². The minimum Gasteiger partial charge on any atom is -0.508 e. The van der Waals surface area contributed by atoms with Crippen LogP contribution in [0.1, 0.15) is 37.3 Å². The van der Waals surface area contributed by atoms with Crippen molar-refractivity contribution in [2.24, 2.45) is 0 Å². The first-order chi connectivity index (χ1) is 19.6. The number of phenolic OH excluding ortho intramolecular Hbond substituents is 1. The Balaban J connectivity index is 0.000000267. The molecule has 1 saturated heterocycles. The zero-order chi connectivity index (χ0) is 28.4. The Kier molecular flexibility index (Phi) is 13.7. The van der Waals surface area contributed by atoms with E-state index in [2.05, 4.69) is 60.2 Å². The van der Waals surface area contributed by atoms with Gasteiger partial charge in [0.1, 0.15) is 30.5 Å². The molecule has 0 spiro atoms. The number of ether oxygens (including phenoxy) is 2. The van der Waals surface area contributed by atoms with Crippen molar-refractivity contribution < 1.29 is 14.6 Å². The predicted molar refractivity (Wildman–Crippen MR) is 168 cm³/mol. The molecule has 5 nitrogen and oxygen atoms in total. The summed E-state index contributed by atoms with van der Waals surface area (Å²) >= 11 is 0. The van der Waals surface area contributed by atoms with Gasteiger partial charge >= 0.3 is 0 Å². The highest BCUT2D eigenvalue weighted by atomic mass is 16.5. The number of unbranched alkanes of at least 4 members (excludes halogenated alkanes) is 1. The first kappa shape index (κ1) is 30.8. The summed E-state index contributed by atoms with van der Waals surface area (Å²) in [6.45, 7) is 16.0. The smallest absolute Gasteiger partial charge is 0.120 e. The molecular weight excluding hydrogens is 496 g/mol. The van der Waals surface area contributed by atoms with E-state index in [-0.39, 0.29) is 0 Å². The van der Waals surface area contributed by atoms with Gasteiger partial charge in [-0.1, -0.05) is 62.9 Å². The summed E-state index contributed by atoms with van der Waals surface area (Å²) in [6.07, 6.45) is 9.38. The summed E-state index contributed by atoms with van der Waals surface area (Å²) in [5, 5.41) is 9.41. The summed E-state index contributed by atoms with van der Waals surface area (Å²) < 4.78 is 11.1.